The highest BCUT2D eigenvalue weighted by Crippen LogP contribution is 2.22. The third-order valence-corrected chi connectivity index (χ3v) is 3.08. The van der Waals surface area contributed by atoms with E-state index >= 15 is 0 Å². The van der Waals surface area contributed by atoms with Crippen LogP contribution < -0.4 is 5.32 Å². The van der Waals surface area contributed by atoms with E-state index in [2.05, 4.69) is 5.32 Å². The topological polar surface area (TPSA) is 15.3 Å². The Balaban J connectivity index is 2.57. The monoisotopic (exact) mass is 224 g/mol. The van der Waals surface area contributed by atoms with Crippen LogP contribution in [0.4, 0.5) is 13.2 Å². The zero-order chi connectivity index (χ0) is 11.5. The molecule has 90 valence electrons. The van der Waals surface area contributed by atoms with Gasteiger partial charge in [-0.1, -0.05) is 20.3 Å². The lowest BCUT2D eigenvalue weighted by Gasteiger charge is -2.39. The van der Waals surface area contributed by atoms with Gasteiger partial charge in [-0.05, 0) is 5.92 Å². The molecule has 1 saturated heterocycles. The first-order valence-corrected chi connectivity index (χ1v) is 5.45. The second-order valence-electron chi connectivity index (χ2n) is 4.24. The Morgan fingerprint density at radius 1 is 1.47 bits per heavy atom. The van der Waals surface area contributed by atoms with Gasteiger partial charge in [-0.3, -0.25) is 4.90 Å². The van der Waals surface area contributed by atoms with Gasteiger partial charge in [0.05, 0.1) is 6.54 Å². The number of nitrogens with zero attached hydrogens (tertiary/aromatic N) is 1. The van der Waals surface area contributed by atoms with Crippen LogP contribution in [0.5, 0.6) is 0 Å². The van der Waals surface area contributed by atoms with E-state index in [1.807, 2.05) is 13.8 Å². The molecule has 0 radical (unpaired) electrons. The summed E-state index contributed by atoms with van der Waals surface area (Å²) in [5.74, 6) is 0.306. The van der Waals surface area contributed by atoms with E-state index in [1.165, 1.54) is 0 Å². The zero-order valence-corrected chi connectivity index (χ0v) is 9.27. The molecule has 2 unspecified atom stereocenters. The highest BCUT2D eigenvalue weighted by molar-refractivity contribution is 4.84. The number of nitrogens with one attached hydrogen (secondary N) is 1. The van der Waals surface area contributed by atoms with Gasteiger partial charge >= 0.3 is 6.18 Å². The van der Waals surface area contributed by atoms with Crippen LogP contribution in [0.15, 0.2) is 0 Å². The van der Waals surface area contributed by atoms with E-state index in [4.69, 9.17) is 0 Å². The van der Waals surface area contributed by atoms with Gasteiger partial charge in [0.25, 0.3) is 0 Å². The maximum atomic E-state index is 12.3. The van der Waals surface area contributed by atoms with Crippen molar-refractivity contribution in [3.8, 4) is 0 Å². The molecule has 1 rings (SSSR count). The van der Waals surface area contributed by atoms with Gasteiger partial charge in [0.1, 0.15) is 0 Å². The Bertz CT molecular complexity index is 194. The van der Waals surface area contributed by atoms with Crippen molar-refractivity contribution < 1.29 is 13.2 Å². The fourth-order valence-electron chi connectivity index (χ4n) is 2.03. The molecule has 1 aliphatic rings. The zero-order valence-electron chi connectivity index (χ0n) is 9.27. The van der Waals surface area contributed by atoms with Crippen molar-refractivity contribution in [1.82, 2.24) is 10.2 Å². The lowest BCUT2D eigenvalue weighted by Crippen LogP contribution is -2.56. The lowest BCUT2D eigenvalue weighted by molar-refractivity contribution is -0.154. The summed E-state index contributed by atoms with van der Waals surface area (Å²) in [4.78, 5) is 1.56. The fourth-order valence-corrected chi connectivity index (χ4v) is 2.03. The van der Waals surface area contributed by atoms with Gasteiger partial charge in [0.2, 0.25) is 0 Å². The average molecular weight is 224 g/mol. The van der Waals surface area contributed by atoms with Crippen LogP contribution in [-0.4, -0.2) is 43.3 Å². The van der Waals surface area contributed by atoms with E-state index in [9.17, 15) is 13.2 Å². The van der Waals surface area contributed by atoms with Crippen molar-refractivity contribution in [1.29, 1.82) is 0 Å². The van der Waals surface area contributed by atoms with E-state index in [0.717, 1.165) is 6.42 Å². The molecule has 0 spiro atoms. The first-order chi connectivity index (χ1) is 6.94. The molecule has 0 saturated carbocycles. The second-order valence-corrected chi connectivity index (χ2v) is 4.24. The summed E-state index contributed by atoms with van der Waals surface area (Å²) in [6.07, 6.45) is -3.16. The molecule has 1 fully saturated rings. The lowest BCUT2D eigenvalue weighted by atomic mass is 9.96. The highest BCUT2D eigenvalue weighted by atomic mass is 19.4. The molecule has 0 aromatic carbocycles. The number of alkyl halides is 3. The highest BCUT2D eigenvalue weighted by Gasteiger charge is 2.36. The Morgan fingerprint density at radius 3 is 2.67 bits per heavy atom. The molecule has 2 nitrogen and oxygen atoms in total. The van der Waals surface area contributed by atoms with Gasteiger partial charge in [-0.25, -0.2) is 0 Å². The molecule has 0 aromatic heterocycles. The predicted molar refractivity (Wildman–Crippen MR) is 53.7 cm³/mol. The third-order valence-electron chi connectivity index (χ3n) is 3.08. The molecule has 0 amide bonds. The minimum absolute atomic E-state index is 0.0189. The van der Waals surface area contributed by atoms with E-state index < -0.39 is 12.7 Å². The van der Waals surface area contributed by atoms with E-state index in [-0.39, 0.29) is 6.04 Å². The Morgan fingerprint density at radius 2 is 2.13 bits per heavy atom. The number of halogens is 3. The summed E-state index contributed by atoms with van der Waals surface area (Å²) in [5, 5.41) is 3.16. The molecular weight excluding hydrogens is 205 g/mol. The largest absolute Gasteiger partial charge is 0.401 e. The third kappa shape index (κ3) is 3.99. The standard InChI is InChI=1S/C10H19F3N2/c1-3-8(2)9-6-14-4-5-15(9)7-10(11,12)13/h8-9,14H,3-7H2,1-2H3. The van der Waals surface area contributed by atoms with E-state index in [0.29, 0.717) is 25.6 Å². The Labute approximate surface area is 88.8 Å². The van der Waals surface area contributed by atoms with Crippen LogP contribution in [0.25, 0.3) is 0 Å². The SMILES string of the molecule is CCC(C)C1CNCCN1CC(F)(F)F. The summed E-state index contributed by atoms with van der Waals surface area (Å²) in [6, 6.07) is 0.0189. The smallest absolute Gasteiger partial charge is 0.314 e. The van der Waals surface area contributed by atoms with Crippen molar-refractivity contribution in [2.24, 2.45) is 5.92 Å². The van der Waals surface area contributed by atoms with Crippen molar-refractivity contribution in [2.75, 3.05) is 26.2 Å². The molecule has 15 heavy (non-hydrogen) atoms. The molecule has 1 heterocycles. The second kappa shape index (κ2) is 5.16. The first kappa shape index (κ1) is 12.8. The fraction of sp³-hybridized carbons (Fsp3) is 1.00. The van der Waals surface area contributed by atoms with Crippen LogP contribution >= 0.6 is 0 Å². The minimum atomic E-state index is -4.08. The van der Waals surface area contributed by atoms with Gasteiger partial charge in [0.15, 0.2) is 0 Å². The minimum Gasteiger partial charge on any atom is -0.314 e. The normalized spacial score (nSPS) is 26.6. The number of hydrogen-bond acceptors (Lipinski definition) is 2. The quantitative estimate of drug-likeness (QED) is 0.787. The maximum Gasteiger partial charge on any atom is 0.401 e. The van der Waals surface area contributed by atoms with Crippen molar-refractivity contribution in [3.05, 3.63) is 0 Å². The van der Waals surface area contributed by atoms with Gasteiger partial charge in [-0.15, -0.1) is 0 Å². The van der Waals surface area contributed by atoms with Crippen molar-refractivity contribution in [2.45, 2.75) is 32.5 Å². The van der Waals surface area contributed by atoms with Crippen LogP contribution in [0.2, 0.25) is 0 Å². The summed E-state index contributed by atoms with van der Waals surface area (Å²) >= 11 is 0. The van der Waals surface area contributed by atoms with Crippen molar-refractivity contribution >= 4 is 0 Å². The van der Waals surface area contributed by atoms with Crippen LogP contribution in [0, 0.1) is 5.92 Å². The molecule has 1 N–H and O–H groups in total. The molecule has 0 aliphatic carbocycles. The average Bonchev–Trinajstić information content (AvgIpc) is 2.15. The molecular formula is C10H19F3N2. The van der Waals surface area contributed by atoms with Gasteiger partial charge in [-0.2, -0.15) is 13.2 Å². The summed E-state index contributed by atoms with van der Waals surface area (Å²) in [5.41, 5.74) is 0. The Kier molecular flexibility index (Phi) is 4.40. The van der Waals surface area contributed by atoms with E-state index in [1.54, 1.807) is 4.90 Å². The van der Waals surface area contributed by atoms with Crippen molar-refractivity contribution in [3.63, 3.8) is 0 Å². The van der Waals surface area contributed by atoms with Crippen LogP contribution in [-0.2, 0) is 0 Å². The predicted octanol–water partition coefficient (Wildman–Crippen LogP) is 1.87. The molecule has 5 heteroatoms. The summed E-state index contributed by atoms with van der Waals surface area (Å²) < 4.78 is 37.0. The Hall–Kier alpha value is -0.290. The maximum absolute atomic E-state index is 12.3. The van der Waals surface area contributed by atoms with Crippen LogP contribution in [0.3, 0.4) is 0 Å². The van der Waals surface area contributed by atoms with Crippen LogP contribution in [0.1, 0.15) is 20.3 Å². The van der Waals surface area contributed by atoms with Gasteiger partial charge < -0.3 is 5.32 Å². The number of rotatable bonds is 3. The summed E-state index contributed by atoms with van der Waals surface area (Å²) in [6.45, 7) is 5.08. The number of piperazine rings is 1. The molecule has 0 bridgehead atoms. The first-order valence-electron chi connectivity index (χ1n) is 5.45. The number of hydrogen-bond donors (Lipinski definition) is 1. The van der Waals surface area contributed by atoms with Gasteiger partial charge in [0, 0.05) is 25.7 Å². The molecule has 2 atom stereocenters. The molecule has 1 aliphatic heterocycles. The summed E-state index contributed by atoms with van der Waals surface area (Å²) in [7, 11) is 0. The molecule has 0 aromatic rings.